The Kier molecular flexibility index (Phi) is 2.45. The molecule has 0 aliphatic carbocycles. The lowest BCUT2D eigenvalue weighted by Crippen LogP contribution is -2.07. The van der Waals surface area contributed by atoms with Crippen molar-refractivity contribution < 1.29 is 9.15 Å². The fourth-order valence-corrected chi connectivity index (χ4v) is 1.85. The number of hydrogen-bond donors (Lipinski definition) is 0. The third-order valence-corrected chi connectivity index (χ3v) is 2.83. The van der Waals surface area contributed by atoms with Crippen LogP contribution in [0.3, 0.4) is 0 Å². The molecule has 0 bridgehead atoms. The van der Waals surface area contributed by atoms with Crippen LogP contribution in [0, 0.1) is 3.57 Å². The maximum absolute atomic E-state index is 11.8. The molecule has 0 aliphatic heterocycles. The van der Waals surface area contributed by atoms with E-state index < -0.39 is 0 Å². The van der Waals surface area contributed by atoms with Crippen LogP contribution in [0.5, 0.6) is 5.95 Å². The van der Waals surface area contributed by atoms with Gasteiger partial charge in [-0.2, -0.15) is 0 Å². The molecule has 3 nitrogen and oxygen atoms in total. The van der Waals surface area contributed by atoms with Gasteiger partial charge in [0, 0.05) is 0 Å². The van der Waals surface area contributed by atoms with Crippen molar-refractivity contribution in [2.24, 2.45) is 0 Å². The summed E-state index contributed by atoms with van der Waals surface area (Å²) >= 11 is 1.92. The predicted molar refractivity (Wildman–Crippen MR) is 61.8 cm³/mol. The third kappa shape index (κ3) is 1.39. The SMILES string of the molecule is COc1oc2ccccc2c(=O)c1I. The minimum absolute atomic E-state index is 0.0516. The Balaban J connectivity index is 2.92. The topological polar surface area (TPSA) is 39.4 Å². The first kappa shape index (κ1) is 9.51. The van der Waals surface area contributed by atoms with E-state index in [1.807, 2.05) is 34.7 Å². The van der Waals surface area contributed by atoms with Crippen molar-refractivity contribution in [2.75, 3.05) is 7.11 Å². The first-order chi connectivity index (χ1) is 6.74. The van der Waals surface area contributed by atoms with Gasteiger partial charge in [-0.3, -0.25) is 4.79 Å². The number of methoxy groups -OCH3 is 1. The fourth-order valence-electron chi connectivity index (χ4n) is 1.23. The lowest BCUT2D eigenvalue weighted by Gasteiger charge is -2.02. The molecule has 14 heavy (non-hydrogen) atoms. The smallest absolute Gasteiger partial charge is 0.302 e. The summed E-state index contributed by atoms with van der Waals surface area (Å²) < 4.78 is 10.8. The molecule has 1 aromatic heterocycles. The second-order valence-electron chi connectivity index (χ2n) is 2.73. The average Bonchev–Trinajstić information content (AvgIpc) is 2.23. The zero-order valence-corrected chi connectivity index (χ0v) is 9.57. The van der Waals surface area contributed by atoms with Gasteiger partial charge in [-0.1, -0.05) is 12.1 Å². The molecule has 0 unspecified atom stereocenters. The molecule has 2 rings (SSSR count). The molecule has 0 saturated heterocycles. The maximum Gasteiger partial charge on any atom is 0.302 e. The molecule has 0 saturated carbocycles. The Morgan fingerprint density at radius 2 is 2.07 bits per heavy atom. The zero-order chi connectivity index (χ0) is 10.1. The number of fused-ring (bicyclic) bond motifs is 1. The highest BCUT2D eigenvalue weighted by Gasteiger charge is 2.11. The van der Waals surface area contributed by atoms with E-state index in [0.717, 1.165) is 0 Å². The van der Waals surface area contributed by atoms with Crippen LogP contribution in [0.15, 0.2) is 33.5 Å². The van der Waals surface area contributed by atoms with Crippen LogP contribution in [0.2, 0.25) is 0 Å². The monoisotopic (exact) mass is 302 g/mol. The van der Waals surface area contributed by atoms with E-state index in [1.54, 1.807) is 12.1 Å². The predicted octanol–water partition coefficient (Wildman–Crippen LogP) is 2.41. The van der Waals surface area contributed by atoms with Crippen molar-refractivity contribution in [3.8, 4) is 5.95 Å². The molecular formula is C10H7IO3. The van der Waals surface area contributed by atoms with E-state index in [1.165, 1.54) is 7.11 Å². The van der Waals surface area contributed by atoms with Crippen LogP contribution in [0.25, 0.3) is 11.0 Å². The number of benzene rings is 1. The van der Waals surface area contributed by atoms with Gasteiger partial charge in [0.2, 0.25) is 5.43 Å². The summed E-state index contributed by atoms with van der Waals surface area (Å²) in [5.41, 5.74) is 0.499. The standard InChI is InChI=1S/C10H7IO3/c1-13-10-8(11)9(12)6-4-2-3-5-7(6)14-10/h2-5H,1H3. The van der Waals surface area contributed by atoms with E-state index in [0.29, 0.717) is 14.5 Å². The van der Waals surface area contributed by atoms with Gasteiger partial charge >= 0.3 is 5.95 Å². The molecule has 0 N–H and O–H groups in total. The summed E-state index contributed by atoms with van der Waals surface area (Å²) in [6, 6.07) is 7.11. The van der Waals surface area contributed by atoms with Crippen molar-refractivity contribution in [3.63, 3.8) is 0 Å². The molecule has 2 aromatic rings. The first-order valence-corrected chi connectivity index (χ1v) is 5.07. The van der Waals surface area contributed by atoms with E-state index in [-0.39, 0.29) is 11.4 Å². The minimum atomic E-state index is -0.0516. The molecule has 0 fully saturated rings. The van der Waals surface area contributed by atoms with Gasteiger partial charge in [0.25, 0.3) is 0 Å². The van der Waals surface area contributed by atoms with Gasteiger partial charge in [-0.25, -0.2) is 0 Å². The Morgan fingerprint density at radius 1 is 1.36 bits per heavy atom. The molecule has 1 heterocycles. The Labute approximate surface area is 93.8 Å². The van der Waals surface area contributed by atoms with Gasteiger partial charge in [0.15, 0.2) is 0 Å². The lowest BCUT2D eigenvalue weighted by atomic mass is 10.2. The molecule has 72 valence electrons. The second kappa shape index (κ2) is 3.61. The summed E-state index contributed by atoms with van der Waals surface area (Å²) in [6.07, 6.45) is 0. The number of rotatable bonds is 1. The van der Waals surface area contributed by atoms with E-state index in [4.69, 9.17) is 9.15 Å². The highest BCUT2D eigenvalue weighted by atomic mass is 127. The molecule has 0 amide bonds. The van der Waals surface area contributed by atoms with E-state index in [9.17, 15) is 4.79 Å². The van der Waals surface area contributed by atoms with E-state index in [2.05, 4.69) is 0 Å². The van der Waals surface area contributed by atoms with Crippen molar-refractivity contribution in [1.29, 1.82) is 0 Å². The zero-order valence-electron chi connectivity index (χ0n) is 7.41. The number of halogens is 1. The first-order valence-electron chi connectivity index (χ1n) is 3.99. The Hall–Kier alpha value is -1.04. The van der Waals surface area contributed by atoms with Gasteiger partial charge in [0.05, 0.1) is 12.5 Å². The van der Waals surface area contributed by atoms with E-state index >= 15 is 0 Å². The highest BCUT2D eigenvalue weighted by molar-refractivity contribution is 14.1. The van der Waals surface area contributed by atoms with Crippen molar-refractivity contribution in [3.05, 3.63) is 38.1 Å². The van der Waals surface area contributed by atoms with Crippen LogP contribution in [-0.4, -0.2) is 7.11 Å². The third-order valence-electron chi connectivity index (χ3n) is 1.90. The van der Waals surface area contributed by atoms with Gasteiger partial charge in [-0.15, -0.1) is 0 Å². The summed E-state index contributed by atoms with van der Waals surface area (Å²) in [5, 5.41) is 0.581. The second-order valence-corrected chi connectivity index (χ2v) is 3.81. The van der Waals surface area contributed by atoms with Crippen LogP contribution >= 0.6 is 22.6 Å². The summed E-state index contributed by atoms with van der Waals surface area (Å²) in [7, 11) is 1.48. The van der Waals surface area contributed by atoms with Gasteiger partial charge < -0.3 is 9.15 Å². The highest BCUT2D eigenvalue weighted by Crippen LogP contribution is 2.22. The molecular weight excluding hydrogens is 295 g/mol. The number of hydrogen-bond acceptors (Lipinski definition) is 3. The maximum atomic E-state index is 11.8. The normalized spacial score (nSPS) is 10.4. The van der Waals surface area contributed by atoms with Gasteiger partial charge in [0.1, 0.15) is 9.15 Å². The quantitative estimate of drug-likeness (QED) is 0.759. The molecule has 0 radical (unpaired) electrons. The number of ether oxygens (including phenoxy) is 1. The van der Waals surface area contributed by atoms with Crippen molar-refractivity contribution in [2.45, 2.75) is 0 Å². The van der Waals surface area contributed by atoms with Crippen LogP contribution in [0.1, 0.15) is 0 Å². The molecule has 1 aromatic carbocycles. The molecule has 4 heteroatoms. The van der Waals surface area contributed by atoms with Crippen molar-refractivity contribution in [1.82, 2.24) is 0 Å². The largest absolute Gasteiger partial charge is 0.468 e. The van der Waals surface area contributed by atoms with Crippen LogP contribution in [0.4, 0.5) is 0 Å². The fraction of sp³-hybridized carbons (Fsp3) is 0.100. The lowest BCUT2D eigenvalue weighted by molar-refractivity contribution is 0.306. The minimum Gasteiger partial charge on any atom is -0.468 e. The van der Waals surface area contributed by atoms with Crippen molar-refractivity contribution >= 4 is 33.6 Å². The van der Waals surface area contributed by atoms with Gasteiger partial charge in [-0.05, 0) is 34.7 Å². The Bertz CT molecular complexity index is 530. The number of para-hydroxylation sites is 1. The molecule has 0 atom stereocenters. The van der Waals surface area contributed by atoms with Crippen LogP contribution in [-0.2, 0) is 0 Å². The summed E-state index contributed by atoms with van der Waals surface area (Å²) in [6.45, 7) is 0. The summed E-state index contributed by atoms with van der Waals surface area (Å²) in [4.78, 5) is 11.8. The summed E-state index contributed by atoms with van der Waals surface area (Å²) in [5.74, 6) is 0.272. The average molecular weight is 302 g/mol. The molecule has 0 aliphatic rings. The molecule has 0 spiro atoms. The Morgan fingerprint density at radius 3 is 2.79 bits per heavy atom. The van der Waals surface area contributed by atoms with Crippen LogP contribution < -0.4 is 10.2 Å².